The molecule has 0 saturated carbocycles. The Morgan fingerprint density at radius 2 is 1.89 bits per heavy atom. The number of nitrogens with one attached hydrogen (secondary N) is 1. The molecule has 2 aromatic rings. The van der Waals surface area contributed by atoms with Gasteiger partial charge in [0.15, 0.2) is 0 Å². The molecule has 0 fully saturated rings. The number of hydrogen-bond acceptors (Lipinski definition) is 2. The summed E-state index contributed by atoms with van der Waals surface area (Å²) in [4.78, 5) is 0. The Morgan fingerprint density at radius 1 is 1.06 bits per heavy atom. The molecular weight excluding hydrogens is 222 g/mol. The van der Waals surface area contributed by atoms with Gasteiger partial charge in [-0.1, -0.05) is 32.0 Å². The molecular formula is C16H21NO. The highest BCUT2D eigenvalue weighted by Crippen LogP contribution is 2.29. The first-order chi connectivity index (χ1) is 8.80. The monoisotopic (exact) mass is 243 g/mol. The summed E-state index contributed by atoms with van der Waals surface area (Å²) >= 11 is 0. The molecule has 1 aromatic heterocycles. The lowest BCUT2D eigenvalue weighted by Gasteiger charge is -2.10. The van der Waals surface area contributed by atoms with E-state index in [4.69, 9.17) is 4.42 Å². The fourth-order valence-corrected chi connectivity index (χ4v) is 2.28. The number of rotatable bonds is 5. The van der Waals surface area contributed by atoms with Crippen LogP contribution in [0.1, 0.15) is 30.7 Å². The predicted octanol–water partition coefficient (Wildman–Crippen LogP) is 3.79. The third kappa shape index (κ3) is 2.49. The Kier molecular flexibility index (Phi) is 4.21. The summed E-state index contributed by atoms with van der Waals surface area (Å²) in [6, 6.07) is 8.83. The van der Waals surface area contributed by atoms with E-state index in [-0.39, 0.29) is 0 Å². The minimum Gasteiger partial charge on any atom is -0.467 e. The van der Waals surface area contributed by atoms with Crippen molar-refractivity contribution in [3.8, 4) is 11.1 Å². The van der Waals surface area contributed by atoms with Crippen LogP contribution in [0.3, 0.4) is 0 Å². The van der Waals surface area contributed by atoms with Crippen LogP contribution in [0, 0.1) is 0 Å². The van der Waals surface area contributed by atoms with Gasteiger partial charge in [0.05, 0.1) is 12.8 Å². The molecule has 2 heteroatoms. The first-order valence-electron chi connectivity index (χ1n) is 6.63. The third-order valence-corrected chi connectivity index (χ3v) is 3.34. The molecule has 1 aromatic carbocycles. The van der Waals surface area contributed by atoms with Crippen LogP contribution in [0.25, 0.3) is 11.1 Å². The fraction of sp³-hybridized carbons (Fsp3) is 0.375. The molecule has 0 aliphatic rings. The minimum atomic E-state index is 0.766. The van der Waals surface area contributed by atoms with E-state index in [0.29, 0.717) is 0 Å². The molecule has 2 nitrogen and oxygen atoms in total. The smallest absolute Gasteiger partial charge is 0.125 e. The van der Waals surface area contributed by atoms with Crippen molar-refractivity contribution in [1.82, 2.24) is 5.32 Å². The number of benzene rings is 1. The van der Waals surface area contributed by atoms with Gasteiger partial charge in [-0.15, -0.1) is 0 Å². The van der Waals surface area contributed by atoms with Gasteiger partial charge in [0.25, 0.3) is 0 Å². The Balaban J connectivity index is 2.50. The summed E-state index contributed by atoms with van der Waals surface area (Å²) in [5, 5.41) is 3.15. The molecule has 18 heavy (non-hydrogen) atoms. The van der Waals surface area contributed by atoms with Gasteiger partial charge in [-0.3, -0.25) is 0 Å². The maximum absolute atomic E-state index is 5.57. The Bertz CT molecular complexity index is 514. The van der Waals surface area contributed by atoms with Gasteiger partial charge in [-0.2, -0.15) is 0 Å². The van der Waals surface area contributed by atoms with E-state index in [9.17, 15) is 0 Å². The van der Waals surface area contributed by atoms with Gasteiger partial charge >= 0.3 is 0 Å². The summed E-state index contributed by atoms with van der Waals surface area (Å²) in [7, 11) is 1.94. The second-order valence-electron chi connectivity index (χ2n) is 4.49. The lowest BCUT2D eigenvalue weighted by molar-refractivity contribution is 0.496. The molecule has 0 spiro atoms. The molecule has 0 radical (unpaired) electrons. The quantitative estimate of drug-likeness (QED) is 0.864. The Labute approximate surface area is 109 Å². The van der Waals surface area contributed by atoms with E-state index in [1.807, 2.05) is 7.05 Å². The maximum atomic E-state index is 5.57. The standard InChI is InChI=1S/C16H21NO/c1-4-12-6-7-13(5-2)15(10-12)14-8-9-18-16(14)11-17-3/h6-10,17H,4-5,11H2,1-3H3. The fourth-order valence-electron chi connectivity index (χ4n) is 2.28. The normalized spacial score (nSPS) is 10.8. The first kappa shape index (κ1) is 12.9. The van der Waals surface area contributed by atoms with Crippen molar-refractivity contribution in [3.05, 3.63) is 47.4 Å². The Morgan fingerprint density at radius 3 is 2.56 bits per heavy atom. The highest BCUT2D eigenvalue weighted by atomic mass is 16.3. The molecule has 0 bridgehead atoms. The van der Waals surface area contributed by atoms with Crippen LogP contribution in [-0.2, 0) is 19.4 Å². The number of furan rings is 1. The van der Waals surface area contributed by atoms with Crippen molar-refractivity contribution in [2.45, 2.75) is 33.2 Å². The minimum absolute atomic E-state index is 0.766. The SMILES string of the molecule is CCc1ccc(CC)c(-c2ccoc2CNC)c1. The van der Waals surface area contributed by atoms with Crippen molar-refractivity contribution in [3.63, 3.8) is 0 Å². The van der Waals surface area contributed by atoms with Gasteiger partial charge in [-0.05, 0) is 42.6 Å². The van der Waals surface area contributed by atoms with Crippen LogP contribution in [0.4, 0.5) is 0 Å². The lowest BCUT2D eigenvalue weighted by atomic mass is 9.95. The third-order valence-electron chi connectivity index (χ3n) is 3.34. The van der Waals surface area contributed by atoms with Crippen molar-refractivity contribution in [2.75, 3.05) is 7.05 Å². The van der Waals surface area contributed by atoms with Gasteiger partial charge in [-0.25, -0.2) is 0 Å². The van der Waals surface area contributed by atoms with E-state index in [1.54, 1.807) is 6.26 Å². The first-order valence-corrected chi connectivity index (χ1v) is 6.63. The molecule has 0 aliphatic heterocycles. The number of hydrogen-bond donors (Lipinski definition) is 1. The number of aryl methyl sites for hydroxylation is 2. The van der Waals surface area contributed by atoms with E-state index in [1.165, 1.54) is 22.3 Å². The van der Waals surface area contributed by atoms with Crippen molar-refractivity contribution in [1.29, 1.82) is 0 Å². The molecule has 96 valence electrons. The van der Waals surface area contributed by atoms with Crippen LogP contribution in [-0.4, -0.2) is 7.05 Å². The van der Waals surface area contributed by atoms with Crippen molar-refractivity contribution in [2.24, 2.45) is 0 Å². The van der Waals surface area contributed by atoms with Crippen LogP contribution in [0.15, 0.2) is 34.9 Å². The zero-order chi connectivity index (χ0) is 13.0. The maximum Gasteiger partial charge on any atom is 0.125 e. The second kappa shape index (κ2) is 5.87. The van der Waals surface area contributed by atoms with Gasteiger partial charge in [0.2, 0.25) is 0 Å². The topological polar surface area (TPSA) is 25.2 Å². The summed E-state index contributed by atoms with van der Waals surface area (Å²) < 4.78 is 5.57. The zero-order valence-corrected chi connectivity index (χ0v) is 11.4. The largest absolute Gasteiger partial charge is 0.467 e. The molecule has 0 atom stereocenters. The van der Waals surface area contributed by atoms with E-state index in [2.05, 4.69) is 43.4 Å². The molecule has 1 N–H and O–H groups in total. The van der Waals surface area contributed by atoms with Crippen LogP contribution >= 0.6 is 0 Å². The Hall–Kier alpha value is -1.54. The summed E-state index contributed by atoms with van der Waals surface area (Å²) in [5.74, 6) is 1.01. The molecule has 0 amide bonds. The van der Waals surface area contributed by atoms with Gasteiger partial charge in [0, 0.05) is 5.56 Å². The summed E-state index contributed by atoms with van der Waals surface area (Å²) in [6.07, 6.45) is 3.89. The predicted molar refractivity (Wildman–Crippen MR) is 75.7 cm³/mol. The van der Waals surface area contributed by atoms with Crippen LogP contribution < -0.4 is 5.32 Å². The van der Waals surface area contributed by atoms with Gasteiger partial charge < -0.3 is 9.73 Å². The van der Waals surface area contributed by atoms with Gasteiger partial charge in [0.1, 0.15) is 5.76 Å². The van der Waals surface area contributed by atoms with Crippen molar-refractivity contribution < 1.29 is 4.42 Å². The van der Waals surface area contributed by atoms with Crippen LogP contribution in [0.2, 0.25) is 0 Å². The second-order valence-corrected chi connectivity index (χ2v) is 4.49. The van der Waals surface area contributed by atoms with E-state index >= 15 is 0 Å². The lowest BCUT2D eigenvalue weighted by Crippen LogP contribution is -2.05. The molecule has 1 heterocycles. The van der Waals surface area contributed by atoms with Crippen LogP contribution in [0.5, 0.6) is 0 Å². The highest BCUT2D eigenvalue weighted by molar-refractivity contribution is 5.70. The molecule has 0 aliphatic carbocycles. The molecule has 0 saturated heterocycles. The average molecular weight is 243 g/mol. The zero-order valence-electron chi connectivity index (χ0n) is 11.4. The average Bonchev–Trinajstić information content (AvgIpc) is 2.86. The summed E-state index contributed by atoms with van der Waals surface area (Å²) in [6.45, 7) is 5.15. The van der Waals surface area contributed by atoms with E-state index < -0.39 is 0 Å². The highest BCUT2D eigenvalue weighted by Gasteiger charge is 2.11. The molecule has 0 unspecified atom stereocenters. The van der Waals surface area contributed by atoms with Crippen molar-refractivity contribution >= 4 is 0 Å². The van der Waals surface area contributed by atoms with E-state index in [0.717, 1.165) is 25.1 Å². The summed E-state index contributed by atoms with van der Waals surface area (Å²) in [5.41, 5.74) is 5.29. The molecule has 2 rings (SSSR count).